The zero-order chi connectivity index (χ0) is 24.2. The quantitative estimate of drug-likeness (QED) is 0.231. The SMILES string of the molecule is CC[C@H](C)Oc1c(C=Nn2c(C3CCCCC3)nc3ccccc3c2=O)cc(Cl)cc1[N+](=O)[O-]. The van der Waals surface area contributed by atoms with Crippen LogP contribution < -0.4 is 10.3 Å². The molecule has 1 aliphatic rings. The average Bonchev–Trinajstić information content (AvgIpc) is 2.84. The lowest BCUT2D eigenvalue weighted by molar-refractivity contribution is -0.386. The molecule has 1 saturated carbocycles. The Hall–Kier alpha value is -3.26. The molecule has 1 heterocycles. The summed E-state index contributed by atoms with van der Waals surface area (Å²) in [5.41, 5.74) is 0.446. The fourth-order valence-corrected chi connectivity index (χ4v) is 4.46. The fourth-order valence-electron chi connectivity index (χ4n) is 4.24. The minimum absolute atomic E-state index is 0.0773. The second-order valence-corrected chi connectivity index (χ2v) is 9.06. The predicted molar refractivity (Wildman–Crippen MR) is 133 cm³/mol. The first-order valence-electron chi connectivity index (χ1n) is 11.6. The van der Waals surface area contributed by atoms with Crippen LogP contribution in [0.25, 0.3) is 10.9 Å². The van der Waals surface area contributed by atoms with Gasteiger partial charge in [0.1, 0.15) is 5.82 Å². The van der Waals surface area contributed by atoms with Crippen molar-refractivity contribution < 1.29 is 9.66 Å². The monoisotopic (exact) mass is 482 g/mol. The molecule has 1 atom stereocenters. The number of benzene rings is 2. The van der Waals surface area contributed by atoms with Gasteiger partial charge in [0.2, 0.25) is 5.75 Å². The number of hydrogen-bond donors (Lipinski definition) is 0. The summed E-state index contributed by atoms with van der Waals surface area (Å²) in [5, 5.41) is 16.8. The molecule has 9 heteroatoms. The number of halogens is 1. The van der Waals surface area contributed by atoms with E-state index in [1.807, 2.05) is 26.0 Å². The van der Waals surface area contributed by atoms with E-state index in [0.717, 1.165) is 25.7 Å². The predicted octanol–water partition coefficient (Wildman–Crippen LogP) is 6.07. The van der Waals surface area contributed by atoms with Gasteiger partial charge in [-0.25, -0.2) is 4.98 Å². The number of hydrogen-bond acceptors (Lipinski definition) is 6. The average molecular weight is 483 g/mol. The third-order valence-corrected chi connectivity index (χ3v) is 6.43. The Morgan fingerprint density at radius 2 is 2.03 bits per heavy atom. The highest BCUT2D eigenvalue weighted by molar-refractivity contribution is 6.31. The van der Waals surface area contributed by atoms with Crippen molar-refractivity contribution >= 4 is 34.4 Å². The van der Waals surface area contributed by atoms with Crippen LogP contribution in [0.2, 0.25) is 5.02 Å². The Kier molecular flexibility index (Phi) is 7.26. The van der Waals surface area contributed by atoms with Gasteiger partial charge in [0, 0.05) is 22.6 Å². The molecule has 0 aliphatic heterocycles. The highest BCUT2D eigenvalue weighted by Crippen LogP contribution is 2.35. The van der Waals surface area contributed by atoms with Gasteiger partial charge in [-0.15, -0.1) is 0 Å². The molecule has 0 N–H and O–H groups in total. The van der Waals surface area contributed by atoms with Crippen LogP contribution >= 0.6 is 11.6 Å². The van der Waals surface area contributed by atoms with Crippen LogP contribution in [0, 0.1) is 10.1 Å². The van der Waals surface area contributed by atoms with Gasteiger partial charge in [0.05, 0.1) is 28.1 Å². The van der Waals surface area contributed by atoms with Crippen LogP contribution in [0.5, 0.6) is 5.75 Å². The Morgan fingerprint density at radius 3 is 2.74 bits per heavy atom. The van der Waals surface area contributed by atoms with Crippen LogP contribution in [-0.4, -0.2) is 26.9 Å². The van der Waals surface area contributed by atoms with Crippen LogP contribution in [0.4, 0.5) is 5.69 Å². The molecule has 1 aromatic heterocycles. The summed E-state index contributed by atoms with van der Waals surface area (Å²) in [6, 6.07) is 10.0. The van der Waals surface area contributed by atoms with Crippen molar-refractivity contribution in [2.45, 2.75) is 64.4 Å². The second kappa shape index (κ2) is 10.3. The lowest BCUT2D eigenvalue weighted by atomic mass is 9.88. The summed E-state index contributed by atoms with van der Waals surface area (Å²) in [6.07, 6.45) is 7.00. The van der Waals surface area contributed by atoms with Crippen molar-refractivity contribution in [2.24, 2.45) is 5.10 Å². The van der Waals surface area contributed by atoms with Gasteiger partial charge in [-0.1, -0.05) is 49.9 Å². The smallest absolute Gasteiger partial charge is 0.313 e. The molecule has 0 radical (unpaired) electrons. The first-order chi connectivity index (χ1) is 16.4. The van der Waals surface area contributed by atoms with Crippen molar-refractivity contribution in [3.8, 4) is 5.75 Å². The highest BCUT2D eigenvalue weighted by Gasteiger charge is 2.24. The van der Waals surface area contributed by atoms with Crippen molar-refractivity contribution in [2.75, 3.05) is 0 Å². The third-order valence-electron chi connectivity index (χ3n) is 6.21. The van der Waals surface area contributed by atoms with Gasteiger partial charge < -0.3 is 4.74 Å². The first-order valence-corrected chi connectivity index (χ1v) is 12.0. The second-order valence-electron chi connectivity index (χ2n) is 8.62. The third kappa shape index (κ3) is 4.97. The Balaban J connectivity index is 1.87. The lowest BCUT2D eigenvalue weighted by Crippen LogP contribution is -2.25. The Morgan fingerprint density at radius 1 is 1.29 bits per heavy atom. The minimum Gasteiger partial charge on any atom is -0.483 e. The molecular formula is C25H27ClN4O4. The maximum absolute atomic E-state index is 13.4. The highest BCUT2D eigenvalue weighted by atomic mass is 35.5. The summed E-state index contributed by atoms with van der Waals surface area (Å²) in [5.74, 6) is 0.807. The van der Waals surface area contributed by atoms with Crippen LogP contribution in [-0.2, 0) is 0 Å². The number of nitro groups is 1. The van der Waals surface area contributed by atoms with Gasteiger partial charge in [-0.2, -0.15) is 9.78 Å². The number of aromatic nitrogens is 2. The van der Waals surface area contributed by atoms with E-state index in [-0.39, 0.29) is 34.0 Å². The zero-order valence-corrected chi connectivity index (χ0v) is 20.0. The summed E-state index contributed by atoms with van der Waals surface area (Å²) in [7, 11) is 0. The number of para-hydroxylation sites is 1. The molecular weight excluding hydrogens is 456 g/mol. The van der Waals surface area contributed by atoms with E-state index in [2.05, 4.69) is 5.10 Å². The molecule has 0 bridgehead atoms. The Labute approximate surface area is 202 Å². The largest absolute Gasteiger partial charge is 0.483 e. The van der Waals surface area contributed by atoms with E-state index in [1.54, 1.807) is 18.2 Å². The lowest BCUT2D eigenvalue weighted by Gasteiger charge is -2.22. The van der Waals surface area contributed by atoms with Gasteiger partial charge in [-0.3, -0.25) is 14.9 Å². The van der Waals surface area contributed by atoms with Crippen molar-refractivity contribution in [3.05, 3.63) is 73.3 Å². The normalized spacial score (nSPS) is 15.6. The minimum atomic E-state index is -0.530. The molecule has 178 valence electrons. The molecule has 0 unspecified atom stereocenters. The maximum atomic E-state index is 13.4. The number of fused-ring (bicyclic) bond motifs is 1. The van der Waals surface area contributed by atoms with E-state index in [1.165, 1.54) is 23.4 Å². The van der Waals surface area contributed by atoms with Crippen LogP contribution in [0.3, 0.4) is 0 Å². The standard InChI is InChI=1S/C25H27ClN4O4/c1-3-16(2)34-23-18(13-19(26)14-22(23)30(32)33)15-27-29-24(17-9-5-4-6-10-17)28-21-12-8-7-11-20(21)25(29)31/h7-8,11-17H,3-6,9-10H2,1-2H3/t16-/m0/s1. The molecule has 0 amide bonds. The van der Waals surface area contributed by atoms with Crippen molar-refractivity contribution in [1.82, 2.24) is 9.66 Å². The van der Waals surface area contributed by atoms with E-state index in [0.29, 0.717) is 28.7 Å². The van der Waals surface area contributed by atoms with Gasteiger partial charge in [0.25, 0.3) is 5.56 Å². The molecule has 4 rings (SSSR count). The summed E-state index contributed by atoms with van der Waals surface area (Å²) < 4.78 is 7.21. The molecule has 34 heavy (non-hydrogen) atoms. The van der Waals surface area contributed by atoms with Gasteiger partial charge >= 0.3 is 5.69 Å². The van der Waals surface area contributed by atoms with Crippen molar-refractivity contribution in [1.29, 1.82) is 0 Å². The molecule has 1 aliphatic carbocycles. The van der Waals surface area contributed by atoms with Gasteiger partial charge in [0.15, 0.2) is 0 Å². The number of nitro benzene ring substituents is 1. The number of rotatable bonds is 7. The van der Waals surface area contributed by atoms with Crippen molar-refractivity contribution in [3.63, 3.8) is 0 Å². The summed E-state index contributed by atoms with van der Waals surface area (Å²) in [6.45, 7) is 3.76. The number of ether oxygens (including phenoxy) is 1. The molecule has 3 aromatic rings. The first kappa shape index (κ1) is 23.9. The molecule has 0 saturated heterocycles. The van der Waals surface area contributed by atoms with Gasteiger partial charge in [-0.05, 0) is 44.4 Å². The Bertz CT molecular complexity index is 1300. The van der Waals surface area contributed by atoms with E-state index in [4.69, 9.17) is 21.3 Å². The number of nitrogens with zero attached hydrogens (tertiary/aromatic N) is 4. The molecule has 8 nitrogen and oxygen atoms in total. The summed E-state index contributed by atoms with van der Waals surface area (Å²) in [4.78, 5) is 29.4. The fraction of sp³-hybridized carbons (Fsp3) is 0.400. The maximum Gasteiger partial charge on any atom is 0.313 e. The zero-order valence-electron chi connectivity index (χ0n) is 19.2. The topological polar surface area (TPSA) is 99.6 Å². The summed E-state index contributed by atoms with van der Waals surface area (Å²) >= 11 is 6.18. The van der Waals surface area contributed by atoms with E-state index >= 15 is 0 Å². The van der Waals surface area contributed by atoms with E-state index in [9.17, 15) is 14.9 Å². The van der Waals surface area contributed by atoms with Crippen LogP contribution in [0.15, 0.2) is 46.3 Å². The molecule has 1 fully saturated rings. The molecule has 2 aromatic carbocycles. The molecule has 0 spiro atoms. The van der Waals surface area contributed by atoms with E-state index < -0.39 is 4.92 Å². The van der Waals surface area contributed by atoms with Crippen LogP contribution in [0.1, 0.15) is 69.7 Å².